The number of rotatable bonds is 5. The lowest BCUT2D eigenvalue weighted by atomic mass is 10.0. The maximum Gasteiger partial charge on any atom is 0.0377 e. The molecule has 106 valence electrons. The van der Waals surface area contributed by atoms with Crippen LogP contribution in [0.5, 0.6) is 0 Å². The van der Waals surface area contributed by atoms with E-state index in [4.69, 9.17) is 5.73 Å². The molecular formula is C16H27N3. The van der Waals surface area contributed by atoms with E-state index in [9.17, 15) is 0 Å². The first-order valence-electron chi connectivity index (χ1n) is 7.56. The number of benzene rings is 1. The minimum absolute atomic E-state index is 0.912. The van der Waals surface area contributed by atoms with Gasteiger partial charge in [0.2, 0.25) is 0 Å². The molecule has 0 aliphatic carbocycles. The first-order chi connectivity index (χ1) is 9.22. The van der Waals surface area contributed by atoms with Crippen molar-refractivity contribution in [3.8, 4) is 0 Å². The van der Waals surface area contributed by atoms with Crippen LogP contribution in [0.3, 0.4) is 0 Å². The number of likely N-dealkylation sites (tertiary alicyclic amines) is 1. The van der Waals surface area contributed by atoms with E-state index in [-0.39, 0.29) is 0 Å². The Morgan fingerprint density at radius 1 is 1.21 bits per heavy atom. The average Bonchev–Trinajstić information content (AvgIpc) is 2.44. The molecule has 3 nitrogen and oxygen atoms in total. The van der Waals surface area contributed by atoms with Crippen LogP contribution in [0.25, 0.3) is 0 Å². The first kappa shape index (κ1) is 14.2. The fourth-order valence-electron chi connectivity index (χ4n) is 2.91. The third kappa shape index (κ3) is 3.63. The summed E-state index contributed by atoms with van der Waals surface area (Å²) in [5, 5.41) is 3.46. The summed E-state index contributed by atoms with van der Waals surface area (Å²) < 4.78 is 0. The van der Waals surface area contributed by atoms with Gasteiger partial charge in [-0.25, -0.2) is 0 Å². The fourth-order valence-corrected chi connectivity index (χ4v) is 2.91. The van der Waals surface area contributed by atoms with Gasteiger partial charge in [-0.2, -0.15) is 0 Å². The molecule has 0 aromatic heterocycles. The Balaban J connectivity index is 2.06. The zero-order valence-electron chi connectivity index (χ0n) is 12.3. The Kier molecular flexibility index (Phi) is 5.08. The van der Waals surface area contributed by atoms with E-state index in [2.05, 4.69) is 30.1 Å². The van der Waals surface area contributed by atoms with Crippen molar-refractivity contribution in [1.29, 1.82) is 0 Å². The smallest absolute Gasteiger partial charge is 0.0377 e. The van der Waals surface area contributed by atoms with E-state index in [0.29, 0.717) is 0 Å². The second-order valence-corrected chi connectivity index (χ2v) is 5.49. The summed E-state index contributed by atoms with van der Waals surface area (Å²) in [4.78, 5) is 2.59. The summed E-state index contributed by atoms with van der Waals surface area (Å²) in [5.41, 5.74) is 10.9. The summed E-state index contributed by atoms with van der Waals surface area (Å²) in [6.45, 7) is 8.92. The van der Waals surface area contributed by atoms with E-state index in [1.165, 1.54) is 49.2 Å². The summed E-state index contributed by atoms with van der Waals surface area (Å²) in [5.74, 6) is 0. The van der Waals surface area contributed by atoms with E-state index >= 15 is 0 Å². The predicted octanol–water partition coefficient (Wildman–Crippen LogP) is 3.04. The van der Waals surface area contributed by atoms with Gasteiger partial charge in [-0.1, -0.05) is 6.42 Å². The normalized spacial score (nSPS) is 16.5. The zero-order chi connectivity index (χ0) is 13.7. The Morgan fingerprint density at radius 2 is 1.95 bits per heavy atom. The molecule has 3 N–H and O–H groups in total. The Hall–Kier alpha value is -1.22. The molecule has 0 spiro atoms. The summed E-state index contributed by atoms with van der Waals surface area (Å²) in [6.07, 6.45) is 5.21. The van der Waals surface area contributed by atoms with Crippen LogP contribution >= 0.6 is 0 Å². The van der Waals surface area contributed by atoms with Gasteiger partial charge < -0.3 is 16.0 Å². The number of nitrogens with two attached hydrogens (primary N) is 1. The number of piperidine rings is 1. The maximum atomic E-state index is 6.05. The van der Waals surface area contributed by atoms with E-state index in [0.717, 1.165) is 25.2 Å². The SMILES string of the molecule is CCNc1ccc(N)c(C)c1CCN1CCCCC1. The average molecular weight is 261 g/mol. The number of nitrogen functional groups attached to an aromatic ring is 1. The lowest BCUT2D eigenvalue weighted by molar-refractivity contribution is 0.231. The largest absolute Gasteiger partial charge is 0.399 e. The molecule has 1 saturated heterocycles. The Morgan fingerprint density at radius 3 is 2.63 bits per heavy atom. The van der Waals surface area contributed by atoms with Gasteiger partial charge in [-0.3, -0.25) is 0 Å². The molecule has 0 saturated carbocycles. The van der Waals surface area contributed by atoms with Crippen LogP contribution in [0.1, 0.15) is 37.3 Å². The molecule has 0 unspecified atom stereocenters. The molecule has 0 bridgehead atoms. The Bertz CT molecular complexity index is 409. The van der Waals surface area contributed by atoms with Crippen LogP contribution in [0.2, 0.25) is 0 Å². The molecule has 0 radical (unpaired) electrons. The van der Waals surface area contributed by atoms with Gasteiger partial charge in [-0.15, -0.1) is 0 Å². The highest BCUT2D eigenvalue weighted by Crippen LogP contribution is 2.25. The minimum Gasteiger partial charge on any atom is -0.399 e. The van der Waals surface area contributed by atoms with Gasteiger partial charge in [0.05, 0.1) is 0 Å². The predicted molar refractivity (Wildman–Crippen MR) is 83.8 cm³/mol. The van der Waals surface area contributed by atoms with Gasteiger partial charge in [-0.05, 0) is 69.5 Å². The molecule has 0 atom stereocenters. The van der Waals surface area contributed by atoms with Crippen LogP contribution in [0.4, 0.5) is 11.4 Å². The fraction of sp³-hybridized carbons (Fsp3) is 0.625. The van der Waals surface area contributed by atoms with Crippen molar-refractivity contribution in [1.82, 2.24) is 4.90 Å². The van der Waals surface area contributed by atoms with E-state index in [1.54, 1.807) is 0 Å². The lowest BCUT2D eigenvalue weighted by Gasteiger charge is -2.27. The molecule has 3 heteroatoms. The van der Waals surface area contributed by atoms with Crippen molar-refractivity contribution in [3.63, 3.8) is 0 Å². The lowest BCUT2D eigenvalue weighted by Crippen LogP contribution is -2.31. The van der Waals surface area contributed by atoms with Crippen molar-refractivity contribution in [2.24, 2.45) is 0 Å². The van der Waals surface area contributed by atoms with Crippen LogP contribution in [-0.2, 0) is 6.42 Å². The third-order valence-electron chi connectivity index (χ3n) is 4.13. The molecule has 1 aliphatic rings. The summed E-state index contributed by atoms with van der Waals surface area (Å²) in [6, 6.07) is 4.13. The van der Waals surface area contributed by atoms with Gasteiger partial charge >= 0.3 is 0 Å². The quantitative estimate of drug-likeness (QED) is 0.801. The number of anilines is 2. The highest BCUT2D eigenvalue weighted by Gasteiger charge is 2.13. The molecule has 1 aromatic carbocycles. The van der Waals surface area contributed by atoms with Crippen molar-refractivity contribution in [2.45, 2.75) is 39.5 Å². The topological polar surface area (TPSA) is 41.3 Å². The van der Waals surface area contributed by atoms with Gasteiger partial charge in [0.1, 0.15) is 0 Å². The second kappa shape index (κ2) is 6.80. The van der Waals surface area contributed by atoms with Crippen molar-refractivity contribution in [2.75, 3.05) is 37.2 Å². The molecule has 1 aromatic rings. The van der Waals surface area contributed by atoms with Crippen LogP contribution in [0.15, 0.2) is 12.1 Å². The van der Waals surface area contributed by atoms with Gasteiger partial charge in [0.15, 0.2) is 0 Å². The molecule has 0 amide bonds. The van der Waals surface area contributed by atoms with Gasteiger partial charge in [0, 0.05) is 24.5 Å². The molecular weight excluding hydrogens is 234 g/mol. The zero-order valence-corrected chi connectivity index (χ0v) is 12.3. The van der Waals surface area contributed by atoms with Crippen LogP contribution in [-0.4, -0.2) is 31.1 Å². The number of hydrogen-bond acceptors (Lipinski definition) is 3. The molecule has 19 heavy (non-hydrogen) atoms. The standard InChI is InChI=1S/C16H27N3/c1-3-18-16-8-7-15(17)13(2)14(16)9-12-19-10-5-4-6-11-19/h7-8,18H,3-6,9-12,17H2,1-2H3. The highest BCUT2D eigenvalue weighted by molar-refractivity contribution is 5.63. The number of nitrogens with one attached hydrogen (secondary N) is 1. The van der Waals surface area contributed by atoms with Crippen LogP contribution in [0, 0.1) is 6.92 Å². The molecule has 2 rings (SSSR count). The molecule has 1 heterocycles. The van der Waals surface area contributed by atoms with Crippen molar-refractivity contribution >= 4 is 11.4 Å². The monoisotopic (exact) mass is 261 g/mol. The van der Waals surface area contributed by atoms with Crippen molar-refractivity contribution < 1.29 is 0 Å². The molecule has 1 aliphatic heterocycles. The second-order valence-electron chi connectivity index (χ2n) is 5.49. The first-order valence-corrected chi connectivity index (χ1v) is 7.56. The highest BCUT2D eigenvalue weighted by atomic mass is 15.1. The minimum atomic E-state index is 0.912. The third-order valence-corrected chi connectivity index (χ3v) is 4.13. The number of nitrogens with zero attached hydrogens (tertiary/aromatic N) is 1. The summed E-state index contributed by atoms with van der Waals surface area (Å²) in [7, 11) is 0. The Labute approximate surface area is 117 Å². The number of hydrogen-bond donors (Lipinski definition) is 2. The summed E-state index contributed by atoms with van der Waals surface area (Å²) >= 11 is 0. The maximum absolute atomic E-state index is 6.05. The van der Waals surface area contributed by atoms with Gasteiger partial charge in [0.25, 0.3) is 0 Å². The molecule has 1 fully saturated rings. The van der Waals surface area contributed by atoms with Crippen molar-refractivity contribution in [3.05, 3.63) is 23.3 Å². The van der Waals surface area contributed by atoms with E-state index < -0.39 is 0 Å². The van der Waals surface area contributed by atoms with Crippen LogP contribution < -0.4 is 11.1 Å². The van der Waals surface area contributed by atoms with E-state index in [1.807, 2.05) is 6.07 Å².